The number of rotatable bonds is 10. The zero-order chi connectivity index (χ0) is 21.3. The minimum Gasteiger partial charge on any atom is -0.490 e. The third kappa shape index (κ3) is 5.90. The number of benzene rings is 2. The molecule has 0 spiro atoms. The summed E-state index contributed by atoms with van der Waals surface area (Å²) in [5, 5.41) is 7.75. The van der Waals surface area contributed by atoms with E-state index in [1.807, 2.05) is 32.0 Å². The van der Waals surface area contributed by atoms with E-state index in [-0.39, 0.29) is 12.6 Å². The first-order valence-electron chi connectivity index (χ1n) is 9.67. The highest BCUT2D eigenvalue weighted by Gasteiger charge is 2.11. The molecule has 0 aliphatic heterocycles. The lowest BCUT2D eigenvalue weighted by Crippen LogP contribution is -2.23. The molecule has 1 amide bonds. The van der Waals surface area contributed by atoms with E-state index >= 15 is 0 Å². The Morgan fingerprint density at radius 3 is 2.47 bits per heavy atom. The normalized spacial score (nSPS) is 10.5. The molecular formula is C22H24ClN3O4. The molecule has 1 heterocycles. The molecule has 3 aromatic rings. The van der Waals surface area contributed by atoms with Gasteiger partial charge < -0.3 is 19.5 Å². The molecule has 8 heteroatoms. The van der Waals surface area contributed by atoms with Crippen molar-refractivity contribution in [3.05, 3.63) is 71.0 Å². The molecule has 1 aromatic heterocycles. The van der Waals surface area contributed by atoms with E-state index in [9.17, 15) is 4.79 Å². The Kier molecular flexibility index (Phi) is 7.57. The molecule has 0 unspecified atom stereocenters. The van der Waals surface area contributed by atoms with Crippen molar-refractivity contribution < 1.29 is 19.0 Å². The van der Waals surface area contributed by atoms with Crippen molar-refractivity contribution in [3.63, 3.8) is 0 Å². The summed E-state index contributed by atoms with van der Waals surface area (Å²) >= 11 is 5.86. The number of hydrogen-bond donors (Lipinski definition) is 1. The summed E-state index contributed by atoms with van der Waals surface area (Å²) in [5.41, 5.74) is 1.21. The molecule has 0 bridgehead atoms. The van der Waals surface area contributed by atoms with Crippen molar-refractivity contribution in [2.24, 2.45) is 0 Å². The quantitative estimate of drug-likeness (QED) is 0.520. The molecular weight excluding hydrogens is 406 g/mol. The van der Waals surface area contributed by atoms with Gasteiger partial charge in [-0.15, -0.1) is 0 Å². The van der Waals surface area contributed by atoms with Crippen LogP contribution in [0.1, 0.15) is 29.9 Å². The van der Waals surface area contributed by atoms with E-state index in [1.54, 1.807) is 41.2 Å². The van der Waals surface area contributed by atoms with E-state index < -0.39 is 0 Å². The molecule has 30 heavy (non-hydrogen) atoms. The summed E-state index contributed by atoms with van der Waals surface area (Å²) in [6.07, 6.45) is 1.69. The fourth-order valence-electron chi connectivity index (χ4n) is 2.70. The smallest absolute Gasteiger partial charge is 0.272 e. The lowest BCUT2D eigenvalue weighted by atomic mass is 10.2. The molecule has 158 valence electrons. The highest BCUT2D eigenvalue weighted by molar-refractivity contribution is 6.30. The lowest BCUT2D eigenvalue weighted by Gasteiger charge is -2.12. The van der Waals surface area contributed by atoms with Crippen LogP contribution in [0.2, 0.25) is 5.02 Å². The molecule has 0 aliphatic rings. The van der Waals surface area contributed by atoms with Gasteiger partial charge in [-0.1, -0.05) is 17.7 Å². The first-order chi connectivity index (χ1) is 14.6. The monoisotopic (exact) mass is 429 g/mol. The number of ether oxygens (including phenoxy) is 3. The number of halogens is 1. The highest BCUT2D eigenvalue weighted by Crippen LogP contribution is 2.28. The predicted molar refractivity (Wildman–Crippen MR) is 114 cm³/mol. The van der Waals surface area contributed by atoms with Crippen molar-refractivity contribution >= 4 is 17.5 Å². The van der Waals surface area contributed by atoms with Gasteiger partial charge in [0.1, 0.15) is 11.4 Å². The van der Waals surface area contributed by atoms with Crippen LogP contribution in [0, 0.1) is 0 Å². The average Bonchev–Trinajstić information content (AvgIpc) is 3.23. The first kappa shape index (κ1) is 21.5. The number of carbonyl (C=O) groups excluding carboxylic acids is 1. The second-order valence-electron chi connectivity index (χ2n) is 6.30. The van der Waals surface area contributed by atoms with E-state index in [2.05, 4.69) is 10.4 Å². The van der Waals surface area contributed by atoms with Gasteiger partial charge in [0.15, 0.2) is 18.2 Å². The Morgan fingerprint density at radius 2 is 1.73 bits per heavy atom. The maximum Gasteiger partial charge on any atom is 0.272 e. The van der Waals surface area contributed by atoms with E-state index in [1.165, 1.54) is 0 Å². The van der Waals surface area contributed by atoms with E-state index in [0.717, 1.165) is 5.56 Å². The highest BCUT2D eigenvalue weighted by atomic mass is 35.5. The van der Waals surface area contributed by atoms with Crippen LogP contribution in [0.25, 0.3) is 0 Å². The summed E-state index contributed by atoms with van der Waals surface area (Å²) in [6.45, 7) is 5.46. The molecule has 7 nitrogen and oxygen atoms in total. The third-order valence-electron chi connectivity index (χ3n) is 4.11. The van der Waals surface area contributed by atoms with E-state index in [0.29, 0.717) is 47.7 Å². The lowest BCUT2D eigenvalue weighted by molar-refractivity contribution is 0.0943. The minimum atomic E-state index is -0.271. The van der Waals surface area contributed by atoms with Crippen LogP contribution in [0.3, 0.4) is 0 Å². The first-order valence-corrected chi connectivity index (χ1v) is 10.1. The molecule has 0 radical (unpaired) electrons. The molecule has 3 rings (SSSR count). The van der Waals surface area contributed by atoms with Crippen LogP contribution in [0.15, 0.2) is 54.7 Å². The molecule has 0 saturated heterocycles. The zero-order valence-corrected chi connectivity index (χ0v) is 17.7. The van der Waals surface area contributed by atoms with Gasteiger partial charge in [-0.2, -0.15) is 5.10 Å². The summed E-state index contributed by atoms with van der Waals surface area (Å²) in [7, 11) is 0. The van der Waals surface area contributed by atoms with Gasteiger partial charge in [0.25, 0.3) is 5.91 Å². The maximum atomic E-state index is 12.4. The number of nitrogens with one attached hydrogen (secondary N) is 1. The van der Waals surface area contributed by atoms with Gasteiger partial charge in [0.2, 0.25) is 0 Å². The van der Waals surface area contributed by atoms with Gasteiger partial charge in [-0.3, -0.25) is 4.79 Å². The van der Waals surface area contributed by atoms with Crippen LogP contribution in [0.4, 0.5) is 0 Å². The fourth-order valence-corrected chi connectivity index (χ4v) is 2.83. The molecule has 0 aliphatic carbocycles. The number of carbonyl (C=O) groups is 1. The SMILES string of the molecule is CCOc1ccc(CNC(=O)c2ccn(COc3ccc(Cl)cc3)n2)cc1OCC. The van der Waals surface area contributed by atoms with Crippen LogP contribution in [-0.2, 0) is 13.3 Å². The van der Waals surface area contributed by atoms with Gasteiger partial charge in [-0.05, 0) is 61.9 Å². The number of nitrogens with zero attached hydrogens (tertiary/aromatic N) is 2. The molecule has 0 fully saturated rings. The van der Waals surface area contributed by atoms with Crippen molar-refractivity contribution in [1.82, 2.24) is 15.1 Å². The molecule has 0 saturated carbocycles. The summed E-state index contributed by atoms with van der Waals surface area (Å²) < 4.78 is 18.3. The maximum absolute atomic E-state index is 12.4. The fraction of sp³-hybridized carbons (Fsp3) is 0.273. The average molecular weight is 430 g/mol. The Bertz CT molecular complexity index is 973. The number of amides is 1. The van der Waals surface area contributed by atoms with Crippen LogP contribution >= 0.6 is 11.6 Å². The van der Waals surface area contributed by atoms with Crippen molar-refractivity contribution in [2.75, 3.05) is 13.2 Å². The molecule has 2 aromatic carbocycles. The summed E-state index contributed by atoms with van der Waals surface area (Å²) in [6, 6.07) is 14.3. The number of aromatic nitrogens is 2. The Labute approximate surface area is 180 Å². The molecule has 1 N–H and O–H groups in total. The van der Waals surface area contributed by atoms with Gasteiger partial charge in [-0.25, -0.2) is 4.68 Å². The predicted octanol–water partition coefficient (Wildman–Crippen LogP) is 4.30. The van der Waals surface area contributed by atoms with Crippen LogP contribution in [-0.4, -0.2) is 28.9 Å². The standard InChI is InChI=1S/C22H24ClN3O4/c1-3-28-20-10-5-16(13-21(20)29-4-2)14-24-22(27)19-11-12-26(25-19)15-30-18-8-6-17(23)7-9-18/h5-13H,3-4,14-15H2,1-2H3,(H,24,27). The largest absolute Gasteiger partial charge is 0.490 e. The summed E-state index contributed by atoms with van der Waals surface area (Å²) in [5.74, 6) is 1.75. The second-order valence-corrected chi connectivity index (χ2v) is 6.73. The Hall–Kier alpha value is -3.19. The number of hydrogen-bond acceptors (Lipinski definition) is 5. The molecule has 0 atom stereocenters. The van der Waals surface area contributed by atoms with Crippen molar-refractivity contribution in [1.29, 1.82) is 0 Å². The minimum absolute atomic E-state index is 0.186. The van der Waals surface area contributed by atoms with Crippen LogP contribution < -0.4 is 19.5 Å². The third-order valence-corrected chi connectivity index (χ3v) is 4.36. The second kappa shape index (κ2) is 10.5. The Morgan fingerprint density at radius 1 is 1.00 bits per heavy atom. The van der Waals surface area contributed by atoms with Crippen molar-refractivity contribution in [3.8, 4) is 17.2 Å². The van der Waals surface area contributed by atoms with Crippen LogP contribution in [0.5, 0.6) is 17.2 Å². The van der Waals surface area contributed by atoms with Gasteiger partial charge >= 0.3 is 0 Å². The summed E-state index contributed by atoms with van der Waals surface area (Å²) in [4.78, 5) is 12.4. The van der Waals surface area contributed by atoms with Crippen molar-refractivity contribution in [2.45, 2.75) is 27.1 Å². The van der Waals surface area contributed by atoms with Gasteiger partial charge in [0.05, 0.1) is 13.2 Å². The van der Waals surface area contributed by atoms with Gasteiger partial charge in [0, 0.05) is 17.8 Å². The Balaban J connectivity index is 1.55. The zero-order valence-electron chi connectivity index (χ0n) is 16.9. The topological polar surface area (TPSA) is 74.6 Å². The van der Waals surface area contributed by atoms with E-state index in [4.69, 9.17) is 25.8 Å².